The lowest BCUT2D eigenvalue weighted by Crippen LogP contribution is -2.28. The van der Waals surface area contributed by atoms with Crippen LogP contribution in [-0.4, -0.2) is 16.4 Å². The van der Waals surface area contributed by atoms with Crippen LogP contribution in [0.25, 0.3) is 0 Å². The summed E-state index contributed by atoms with van der Waals surface area (Å²) in [6, 6.07) is -0.416. The fraction of sp³-hybridized carbons (Fsp3) is 0.625. The Morgan fingerprint density at radius 2 is 2.19 bits per heavy atom. The van der Waals surface area contributed by atoms with Crippen LogP contribution < -0.4 is 17.0 Å². The van der Waals surface area contributed by atoms with Crippen LogP contribution in [0.1, 0.15) is 30.9 Å². The summed E-state index contributed by atoms with van der Waals surface area (Å²) in [4.78, 5) is 0. The first kappa shape index (κ1) is 12.8. The highest BCUT2D eigenvalue weighted by molar-refractivity contribution is 5.39. The molecule has 0 aliphatic rings. The van der Waals surface area contributed by atoms with Gasteiger partial charge in [-0.25, -0.2) is 0 Å². The lowest BCUT2D eigenvalue weighted by Gasteiger charge is -2.15. The van der Waals surface area contributed by atoms with Crippen molar-refractivity contribution in [1.82, 2.24) is 15.6 Å². The summed E-state index contributed by atoms with van der Waals surface area (Å²) in [5.41, 5.74) is 8.55. The van der Waals surface area contributed by atoms with E-state index in [0.717, 1.165) is 0 Å². The quantitative estimate of drug-likeness (QED) is 0.457. The van der Waals surface area contributed by atoms with E-state index in [-0.39, 0.29) is 12.8 Å². The molecule has 0 aromatic carbocycles. The van der Waals surface area contributed by atoms with Crippen molar-refractivity contribution in [2.45, 2.75) is 31.5 Å². The van der Waals surface area contributed by atoms with Gasteiger partial charge in [-0.1, -0.05) is 0 Å². The van der Waals surface area contributed by atoms with E-state index in [2.05, 4.69) is 15.6 Å². The molecule has 0 saturated carbocycles. The third kappa shape index (κ3) is 3.70. The van der Waals surface area contributed by atoms with Crippen molar-refractivity contribution in [1.29, 1.82) is 0 Å². The van der Waals surface area contributed by atoms with Crippen LogP contribution in [0.15, 0.2) is 6.20 Å². The van der Waals surface area contributed by atoms with Crippen molar-refractivity contribution < 1.29 is 13.2 Å². The number of H-pyrrole nitrogens is 1. The van der Waals surface area contributed by atoms with Gasteiger partial charge in [0.25, 0.3) is 0 Å². The van der Waals surface area contributed by atoms with E-state index in [1.165, 1.54) is 6.20 Å². The number of nitrogens with one attached hydrogen (secondary N) is 2. The molecule has 16 heavy (non-hydrogen) atoms. The molecule has 1 rings (SSSR count). The second-order valence-electron chi connectivity index (χ2n) is 3.47. The SMILES string of the molecule is NNC(CCCC(F)(F)F)c1cn[nH]c1N. The fourth-order valence-electron chi connectivity index (χ4n) is 1.42. The highest BCUT2D eigenvalue weighted by Gasteiger charge is 2.27. The van der Waals surface area contributed by atoms with Crippen molar-refractivity contribution in [2.75, 3.05) is 5.73 Å². The number of alkyl halides is 3. The third-order valence-corrected chi connectivity index (χ3v) is 2.23. The number of rotatable bonds is 5. The topological polar surface area (TPSA) is 92.7 Å². The molecule has 1 atom stereocenters. The highest BCUT2D eigenvalue weighted by Crippen LogP contribution is 2.27. The number of aromatic nitrogens is 2. The molecule has 0 amide bonds. The van der Waals surface area contributed by atoms with Crippen molar-refractivity contribution in [3.8, 4) is 0 Å². The predicted octanol–water partition coefficient (Wildman–Crippen LogP) is 1.23. The van der Waals surface area contributed by atoms with Gasteiger partial charge in [0.15, 0.2) is 0 Å². The van der Waals surface area contributed by atoms with Crippen LogP contribution in [0, 0.1) is 0 Å². The van der Waals surface area contributed by atoms with E-state index in [9.17, 15) is 13.2 Å². The average molecular weight is 237 g/mol. The van der Waals surface area contributed by atoms with E-state index >= 15 is 0 Å². The smallest absolute Gasteiger partial charge is 0.384 e. The number of anilines is 1. The number of nitrogen functional groups attached to an aromatic ring is 1. The van der Waals surface area contributed by atoms with E-state index in [1.807, 2.05) is 0 Å². The Bertz CT molecular complexity index is 322. The first-order valence-electron chi connectivity index (χ1n) is 4.75. The van der Waals surface area contributed by atoms with Crippen LogP contribution in [0.2, 0.25) is 0 Å². The number of aromatic amines is 1. The number of hydrazine groups is 1. The standard InChI is InChI=1S/C8H14F3N5/c9-8(10,11)3-1-2-6(15-13)5-4-14-16-7(5)12/h4,6,15H,1-3,13H2,(H3,12,14,16). The molecule has 0 bridgehead atoms. The second-order valence-corrected chi connectivity index (χ2v) is 3.47. The molecule has 6 N–H and O–H groups in total. The molecule has 1 heterocycles. The molecular weight excluding hydrogens is 223 g/mol. The molecule has 0 fully saturated rings. The van der Waals surface area contributed by atoms with Crippen LogP contribution in [0.3, 0.4) is 0 Å². The second kappa shape index (κ2) is 5.17. The molecule has 0 spiro atoms. The minimum Gasteiger partial charge on any atom is -0.384 e. The van der Waals surface area contributed by atoms with Gasteiger partial charge in [0.05, 0.1) is 12.2 Å². The first-order valence-corrected chi connectivity index (χ1v) is 4.75. The van der Waals surface area contributed by atoms with Crippen molar-refractivity contribution in [2.24, 2.45) is 5.84 Å². The Kier molecular flexibility index (Phi) is 4.13. The lowest BCUT2D eigenvalue weighted by atomic mass is 10.0. The summed E-state index contributed by atoms with van der Waals surface area (Å²) >= 11 is 0. The molecule has 0 radical (unpaired) electrons. The van der Waals surface area contributed by atoms with Gasteiger partial charge >= 0.3 is 6.18 Å². The number of hydrogen-bond donors (Lipinski definition) is 4. The number of nitrogens with two attached hydrogens (primary N) is 2. The number of hydrogen-bond acceptors (Lipinski definition) is 4. The molecule has 92 valence electrons. The lowest BCUT2D eigenvalue weighted by molar-refractivity contribution is -0.135. The number of halogens is 3. The van der Waals surface area contributed by atoms with Crippen LogP contribution in [0.5, 0.6) is 0 Å². The maximum absolute atomic E-state index is 11.9. The normalized spacial score (nSPS) is 14.0. The molecule has 1 aromatic rings. The largest absolute Gasteiger partial charge is 0.389 e. The Labute approximate surface area is 90.3 Å². The van der Waals surface area contributed by atoms with Crippen molar-refractivity contribution in [3.05, 3.63) is 11.8 Å². The van der Waals surface area contributed by atoms with E-state index in [0.29, 0.717) is 11.4 Å². The zero-order valence-electron chi connectivity index (χ0n) is 8.51. The molecular formula is C8H14F3N5. The zero-order chi connectivity index (χ0) is 12.2. The predicted molar refractivity (Wildman–Crippen MR) is 53.0 cm³/mol. The zero-order valence-corrected chi connectivity index (χ0v) is 8.51. The van der Waals surface area contributed by atoms with Gasteiger partial charge in [-0.2, -0.15) is 18.3 Å². The maximum atomic E-state index is 11.9. The Balaban J connectivity index is 2.48. The van der Waals surface area contributed by atoms with Gasteiger partial charge < -0.3 is 5.73 Å². The van der Waals surface area contributed by atoms with Crippen LogP contribution >= 0.6 is 0 Å². The molecule has 1 unspecified atom stereocenters. The summed E-state index contributed by atoms with van der Waals surface area (Å²) in [7, 11) is 0. The third-order valence-electron chi connectivity index (χ3n) is 2.23. The molecule has 0 aliphatic carbocycles. The van der Waals surface area contributed by atoms with Gasteiger partial charge in [-0.3, -0.25) is 16.4 Å². The minimum atomic E-state index is -4.14. The van der Waals surface area contributed by atoms with E-state index < -0.39 is 18.6 Å². The summed E-state index contributed by atoms with van der Waals surface area (Å²) < 4.78 is 35.8. The van der Waals surface area contributed by atoms with Gasteiger partial charge in [0.1, 0.15) is 5.82 Å². The van der Waals surface area contributed by atoms with E-state index in [4.69, 9.17) is 11.6 Å². The van der Waals surface area contributed by atoms with Crippen molar-refractivity contribution >= 4 is 5.82 Å². The first-order chi connectivity index (χ1) is 7.44. The summed E-state index contributed by atoms with van der Waals surface area (Å²) in [6.07, 6.45) is -3.28. The maximum Gasteiger partial charge on any atom is 0.389 e. The van der Waals surface area contributed by atoms with Gasteiger partial charge in [0.2, 0.25) is 0 Å². The Morgan fingerprint density at radius 1 is 1.50 bits per heavy atom. The molecule has 1 aromatic heterocycles. The monoisotopic (exact) mass is 237 g/mol. The summed E-state index contributed by atoms with van der Waals surface area (Å²) in [6.45, 7) is 0. The fourth-order valence-corrected chi connectivity index (χ4v) is 1.42. The molecule has 5 nitrogen and oxygen atoms in total. The van der Waals surface area contributed by atoms with Crippen LogP contribution in [0.4, 0.5) is 19.0 Å². The van der Waals surface area contributed by atoms with Gasteiger partial charge in [-0.05, 0) is 12.8 Å². The average Bonchev–Trinajstić information content (AvgIpc) is 2.58. The van der Waals surface area contributed by atoms with Gasteiger partial charge in [0, 0.05) is 12.0 Å². The van der Waals surface area contributed by atoms with E-state index in [1.54, 1.807) is 0 Å². The summed E-state index contributed by atoms with van der Waals surface area (Å²) in [5, 5.41) is 6.18. The molecule has 0 aliphatic heterocycles. The summed E-state index contributed by atoms with van der Waals surface area (Å²) in [5.74, 6) is 5.57. The Morgan fingerprint density at radius 3 is 2.62 bits per heavy atom. The molecule has 0 saturated heterocycles. The van der Waals surface area contributed by atoms with Crippen molar-refractivity contribution in [3.63, 3.8) is 0 Å². The highest BCUT2D eigenvalue weighted by atomic mass is 19.4. The van der Waals surface area contributed by atoms with Crippen LogP contribution in [-0.2, 0) is 0 Å². The minimum absolute atomic E-state index is 0.0109. The Hall–Kier alpha value is -1.28. The molecule has 8 heteroatoms. The number of nitrogens with zero attached hydrogens (tertiary/aromatic N) is 1. The van der Waals surface area contributed by atoms with Gasteiger partial charge in [-0.15, -0.1) is 0 Å².